The summed E-state index contributed by atoms with van der Waals surface area (Å²) in [6.45, 7) is 17.7. The van der Waals surface area contributed by atoms with Gasteiger partial charge in [-0.25, -0.2) is 0 Å². The molecule has 0 aliphatic heterocycles. The zero-order valence-corrected chi connectivity index (χ0v) is 25.3. The number of hydrogen-bond donors (Lipinski definition) is 0. The molecule has 0 spiro atoms. The zero-order chi connectivity index (χ0) is 28.1. The van der Waals surface area contributed by atoms with E-state index in [1.807, 2.05) is 0 Å². The van der Waals surface area contributed by atoms with Crippen LogP contribution in [0.15, 0.2) is 11.6 Å². The number of ether oxygens (including phenoxy) is 2. The average molecular weight is 527 g/mol. The Bertz CT molecular complexity index is 1080. The first-order valence-electron chi connectivity index (χ1n) is 15.0. The Morgan fingerprint density at radius 1 is 0.895 bits per heavy atom. The number of ketones is 1. The van der Waals surface area contributed by atoms with Crippen LogP contribution in [0.1, 0.15) is 113 Å². The Morgan fingerprint density at radius 2 is 1.55 bits per heavy atom. The van der Waals surface area contributed by atoms with Gasteiger partial charge in [0.25, 0.3) is 0 Å². The lowest BCUT2D eigenvalue weighted by molar-refractivity contribution is -0.205. The van der Waals surface area contributed by atoms with Gasteiger partial charge in [0.1, 0.15) is 0 Å². The maximum Gasteiger partial charge on any atom is 0.312 e. The van der Waals surface area contributed by atoms with E-state index in [1.54, 1.807) is 7.11 Å². The molecular formula is C33H50O5. The predicted molar refractivity (Wildman–Crippen MR) is 147 cm³/mol. The quantitative estimate of drug-likeness (QED) is 0.284. The molecule has 4 fully saturated rings. The molecule has 5 aliphatic rings. The molecule has 5 rings (SSSR count). The number of rotatable bonds is 2. The largest absolute Gasteiger partial charge is 0.469 e. The van der Waals surface area contributed by atoms with Crippen molar-refractivity contribution in [2.45, 2.75) is 119 Å². The van der Waals surface area contributed by atoms with Crippen molar-refractivity contribution in [1.82, 2.24) is 0 Å². The standard InChI is InChI=1S/C33H50O5/c1-20(34)38-23-19-30(6)24(29(4,5)26(23)35)12-13-32(8)25(30)11-10-21-22-18-28(2,3)14-16-33(22,27(36)37-9)17-15-31(21,32)7/h10,22-25H,11-19H2,1-9H3/t22-,23+,24-,25+,30-,31+,32+,33-/m0/s1. The maximum absolute atomic E-state index is 13.5. The smallest absolute Gasteiger partial charge is 0.312 e. The molecule has 0 aromatic heterocycles. The number of methoxy groups -OCH3 is 1. The van der Waals surface area contributed by atoms with Crippen molar-refractivity contribution in [2.75, 3.05) is 7.11 Å². The van der Waals surface area contributed by atoms with Crippen LogP contribution < -0.4 is 0 Å². The minimum Gasteiger partial charge on any atom is -0.469 e. The molecule has 0 aromatic rings. The normalized spacial score (nSPS) is 46.9. The molecule has 212 valence electrons. The number of hydrogen-bond acceptors (Lipinski definition) is 5. The van der Waals surface area contributed by atoms with Crippen molar-refractivity contribution in [3.63, 3.8) is 0 Å². The van der Waals surface area contributed by atoms with Crippen molar-refractivity contribution >= 4 is 17.7 Å². The van der Waals surface area contributed by atoms with Gasteiger partial charge in [0.15, 0.2) is 11.9 Å². The van der Waals surface area contributed by atoms with E-state index in [-0.39, 0.29) is 51.2 Å². The molecule has 0 unspecified atom stereocenters. The van der Waals surface area contributed by atoms with E-state index in [9.17, 15) is 14.4 Å². The maximum atomic E-state index is 13.5. The summed E-state index contributed by atoms with van der Waals surface area (Å²) in [4.78, 5) is 38.9. The van der Waals surface area contributed by atoms with Gasteiger partial charge < -0.3 is 9.47 Å². The van der Waals surface area contributed by atoms with Gasteiger partial charge in [-0.2, -0.15) is 0 Å². The molecule has 5 aliphatic carbocycles. The number of esters is 2. The van der Waals surface area contributed by atoms with Gasteiger partial charge in [0, 0.05) is 12.3 Å². The topological polar surface area (TPSA) is 69.7 Å². The molecule has 8 atom stereocenters. The van der Waals surface area contributed by atoms with Crippen LogP contribution in [-0.4, -0.2) is 30.9 Å². The molecule has 0 aromatic carbocycles. The van der Waals surface area contributed by atoms with Gasteiger partial charge in [0.05, 0.1) is 12.5 Å². The highest BCUT2D eigenvalue weighted by Crippen LogP contribution is 2.75. The first-order chi connectivity index (χ1) is 17.5. The van der Waals surface area contributed by atoms with E-state index in [0.717, 1.165) is 51.4 Å². The second kappa shape index (κ2) is 8.43. The van der Waals surface area contributed by atoms with E-state index >= 15 is 0 Å². The molecule has 4 saturated carbocycles. The summed E-state index contributed by atoms with van der Waals surface area (Å²) >= 11 is 0. The molecule has 0 radical (unpaired) electrons. The lowest BCUT2D eigenvalue weighted by Gasteiger charge is -2.70. The van der Waals surface area contributed by atoms with Gasteiger partial charge in [0.2, 0.25) is 0 Å². The number of Topliss-reactive ketones (excluding diaryl/α,β-unsaturated/α-hetero) is 1. The van der Waals surface area contributed by atoms with E-state index in [0.29, 0.717) is 12.3 Å². The summed E-state index contributed by atoms with van der Waals surface area (Å²) < 4.78 is 11.2. The lowest BCUT2D eigenvalue weighted by Crippen LogP contribution is -2.66. The average Bonchev–Trinajstić information content (AvgIpc) is 2.81. The number of carbonyl (C=O) groups excluding carboxylic acids is 3. The van der Waals surface area contributed by atoms with Crippen molar-refractivity contribution in [1.29, 1.82) is 0 Å². The SMILES string of the molecule is COC(=O)[C@]12CCC(C)(C)C[C@H]1C1=CC[C@@H]3[C@@]4(C)C[C@@H](OC(C)=O)C(=O)C(C)(C)[C@@H]4CC[C@@]3(C)[C@]1(C)CC2. The van der Waals surface area contributed by atoms with Gasteiger partial charge in [-0.3, -0.25) is 14.4 Å². The zero-order valence-electron chi connectivity index (χ0n) is 25.3. The van der Waals surface area contributed by atoms with Crippen LogP contribution in [0.4, 0.5) is 0 Å². The summed E-state index contributed by atoms with van der Waals surface area (Å²) in [6, 6.07) is 0. The van der Waals surface area contributed by atoms with Gasteiger partial charge >= 0.3 is 11.9 Å². The van der Waals surface area contributed by atoms with Gasteiger partial charge in [-0.15, -0.1) is 0 Å². The third-order valence-corrected chi connectivity index (χ3v) is 13.2. The summed E-state index contributed by atoms with van der Waals surface area (Å²) in [5, 5.41) is 0. The van der Waals surface area contributed by atoms with Crippen molar-refractivity contribution in [3.8, 4) is 0 Å². The highest BCUT2D eigenvalue weighted by molar-refractivity contribution is 5.91. The predicted octanol–water partition coefficient (Wildman–Crippen LogP) is 7.07. The number of fused-ring (bicyclic) bond motifs is 7. The van der Waals surface area contributed by atoms with Crippen molar-refractivity contribution in [2.24, 2.45) is 50.2 Å². The molecule has 0 heterocycles. The van der Waals surface area contributed by atoms with E-state index < -0.39 is 16.9 Å². The second-order valence-electron chi connectivity index (χ2n) is 15.8. The summed E-state index contributed by atoms with van der Waals surface area (Å²) in [7, 11) is 1.56. The highest BCUT2D eigenvalue weighted by Gasteiger charge is 2.70. The monoisotopic (exact) mass is 526 g/mol. The lowest BCUT2D eigenvalue weighted by atomic mass is 9.33. The van der Waals surface area contributed by atoms with Crippen LogP contribution in [0.3, 0.4) is 0 Å². The molecule has 0 saturated heterocycles. The molecule has 0 N–H and O–H groups in total. The second-order valence-corrected chi connectivity index (χ2v) is 15.8. The van der Waals surface area contributed by atoms with Crippen LogP contribution in [0.25, 0.3) is 0 Å². The Labute approximate surface area is 229 Å². The van der Waals surface area contributed by atoms with Crippen molar-refractivity contribution in [3.05, 3.63) is 11.6 Å². The fraction of sp³-hybridized carbons (Fsp3) is 0.848. The Balaban J connectivity index is 1.60. The number of allylic oxidation sites excluding steroid dienone is 2. The summed E-state index contributed by atoms with van der Waals surface area (Å²) in [5.41, 5.74) is 0.696. The Morgan fingerprint density at radius 3 is 2.18 bits per heavy atom. The van der Waals surface area contributed by atoms with Crippen LogP contribution in [-0.2, 0) is 23.9 Å². The fourth-order valence-corrected chi connectivity index (χ4v) is 11.0. The van der Waals surface area contributed by atoms with Crippen LogP contribution >= 0.6 is 0 Å². The summed E-state index contributed by atoms with van der Waals surface area (Å²) in [5.74, 6) is 0.568. The third-order valence-electron chi connectivity index (χ3n) is 13.2. The van der Waals surface area contributed by atoms with E-state index in [1.165, 1.54) is 12.5 Å². The molecule has 0 amide bonds. The van der Waals surface area contributed by atoms with Crippen LogP contribution in [0.2, 0.25) is 0 Å². The van der Waals surface area contributed by atoms with Crippen molar-refractivity contribution < 1.29 is 23.9 Å². The number of carbonyl (C=O) groups is 3. The molecule has 38 heavy (non-hydrogen) atoms. The molecule has 5 heteroatoms. The molecule has 5 nitrogen and oxygen atoms in total. The van der Waals surface area contributed by atoms with E-state index in [2.05, 4.69) is 54.5 Å². The first-order valence-corrected chi connectivity index (χ1v) is 15.0. The minimum absolute atomic E-state index is 0.0119. The van der Waals surface area contributed by atoms with Crippen LogP contribution in [0, 0.1) is 50.2 Å². The first kappa shape index (κ1) is 27.9. The van der Waals surface area contributed by atoms with Crippen LogP contribution in [0.5, 0.6) is 0 Å². The van der Waals surface area contributed by atoms with Gasteiger partial charge in [-0.1, -0.05) is 60.1 Å². The Kier molecular flexibility index (Phi) is 6.19. The minimum atomic E-state index is -0.665. The molecule has 0 bridgehead atoms. The Hall–Kier alpha value is -1.65. The highest BCUT2D eigenvalue weighted by atomic mass is 16.5. The molecular weight excluding hydrogens is 476 g/mol. The third kappa shape index (κ3) is 3.51. The fourth-order valence-electron chi connectivity index (χ4n) is 11.0. The van der Waals surface area contributed by atoms with Gasteiger partial charge in [-0.05, 0) is 97.2 Å². The summed E-state index contributed by atoms with van der Waals surface area (Å²) in [6.07, 6.45) is 10.4. The van der Waals surface area contributed by atoms with E-state index in [4.69, 9.17) is 9.47 Å².